The van der Waals surface area contributed by atoms with Crippen molar-refractivity contribution >= 4 is 5.65 Å². The number of fused-ring (bicyclic) bond motifs is 1. The summed E-state index contributed by atoms with van der Waals surface area (Å²) >= 11 is 0. The minimum atomic E-state index is -4.76. The van der Waals surface area contributed by atoms with Crippen LogP contribution >= 0.6 is 0 Å². The lowest BCUT2D eigenvalue weighted by Crippen LogP contribution is -2.17. The third kappa shape index (κ3) is 3.62. The molecule has 2 heterocycles. The predicted molar refractivity (Wildman–Crippen MR) is 97.1 cm³/mol. The van der Waals surface area contributed by atoms with Crippen molar-refractivity contribution in [2.75, 3.05) is 7.11 Å². The van der Waals surface area contributed by atoms with E-state index >= 15 is 0 Å². The molecule has 0 N–H and O–H groups in total. The average Bonchev–Trinajstić information content (AvgIpc) is 3.10. The van der Waals surface area contributed by atoms with Gasteiger partial charge in [0.15, 0.2) is 11.5 Å². The number of hydrogen-bond acceptors (Lipinski definition) is 4. The molecule has 0 aliphatic carbocycles. The van der Waals surface area contributed by atoms with Crippen LogP contribution in [-0.2, 0) is 0 Å². The molecule has 4 aromatic rings. The number of aromatic nitrogens is 3. The third-order valence-corrected chi connectivity index (χ3v) is 4.13. The van der Waals surface area contributed by atoms with Crippen molar-refractivity contribution in [3.8, 4) is 34.0 Å². The van der Waals surface area contributed by atoms with Gasteiger partial charge in [-0.05, 0) is 47.5 Å². The lowest BCUT2D eigenvalue weighted by molar-refractivity contribution is -0.274. The van der Waals surface area contributed by atoms with Gasteiger partial charge in [0.25, 0.3) is 0 Å². The number of halogens is 3. The fourth-order valence-electron chi connectivity index (χ4n) is 2.89. The molecule has 8 heteroatoms. The van der Waals surface area contributed by atoms with Crippen molar-refractivity contribution in [1.82, 2.24) is 14.6 Å². The molecule has 0 fully saturated rings. The average molecular weight is 385 g/mol. The number of pyridine rings is 1. The predicted octanol–water partition coefficient (Wildman–Crippen LogP) is 4.97. The van der Waals surface area contributed by atoms with Gasteiger partial charge in [0.05, 0.1) is 7.11 Å². The molecule has 0 saturated carbocycles. The van der Waals surface area contributed by atoms with Gasteiger partial charge in [0.2, 0.25) is 0 Å². The van der Waals surface area contributed by atoms with E-state index < -0.39 is 6.36 Å². The first-order valence-corrected chi connectivity index (χ1v) is 8.28. The Bertz CT molecular complexity index is 1140. The largest absolute Gasteiger partial charge is 0.573 e. The van der Waals surface area contributed by atoms with Gasteiger partial charge in [0, 0.05) is 11.8 Å². The molecule has 0 saturated heterocycles. The fraction of sp³-hybridized carbons (Fsp3) is 0.100. The van der Waals surface area contributed by atoms with Crippen molar-refractivity contribution in [3.05, 3.63) is 66.9 Å². The van der Waals surface area contributed by atoms with Crippen LogP contribution in [-0.4, -0.2) is 28.1 Å². The van der Waals surface area contributed by atoms with Crippen molar-refractivity contribution in [3.63, 3.8) is 0 Å². The highest BCUT2D eigenvalue weighted by Crippen LogP contribution is 2.29. The summed E-state index contributed by atoms with van der Waals surface area (Å²) in [4.78, 5) is 0. The molecule has 142 valence electrons. The first kappa shape index (κ1) is 17.8. The minimum Gasteiger partial charge on any atom is -0.497 e. The van der Waals surface area contributed by atoms with Crippen LogP contribution in [0.1, 0.15) is 0 Å². The Hall–Kier alpha value is -3.55. The number of alkyl halides is 3. The highest BCUT2D eigenvalue weighted by atomic mass is 19.4. The van der Waals surface area contributed by atoms with Crippen molar-refractivity contribution < 1.29 is 22.6 Å². The van der Waals surface area contributed by atoms with E-state index in [0.717, 1.165) is 16.9 Å². The molecule has 0 amide bonds. The second-order valence-corrected chi connectivity index (χ2v) is 5.98. The number of nitrogens with zero attached hydrogens (tertiary/aromatic N) is 3. The Morgan fingerprint density at radius 1 is 0.821 bits per heavy atom. The summed E-state index contributed by atoms with van der Waals surface area (Å²) in [5, 5.41) is 8.22. The number of rotatable bonds is 4. The Kier molecular flexibility index (Phi) is 4.38. The number of benzene rings is 2. The van der Waals surface area contributed by atoms with Gasteiger partial charge in [-0.15, -0.1) is 23.4 Å². The van der Waals surface area contributed by atoms with Crippen LogP contribution in [0, 0.1) is 0 Å². The van der Waals surface area contributed by atoms with E-state index in [-0.39, 0.29) is 5.75 Å². The summed E-state index contributed by atoms with van der Waals surface area (Å²) in [7, 11) is 1.59. The Morgan fingerprint density at radius 3 is 2.29 bits per heavy atom. The molecule has 4 rings (SSSR count). The number of ether oxygens (including phenoxy) is 2. The zero-order valence-electron chi connectivity index (χ0n) is 14.6. The molecular weight excluding hydrogens is 371 g/mol. The van der Waals surface area contributed by atoms with Gasteiger partial charge in [-0.1, -0.05) is 24.3 Å². The van der Waals surface area contributed by atoms with Crippen LogP contribution in [0.5, 0.6) is 11.5 Å². The summed E-state index contributed by atoms with van der Waals surface area (Å²) < 4.78 is 48.5. The van der Waals surface area contributed by atoms with E-state index in [0.29, 0.717) is 17.0 Å². The van der Waals surface area contributed by atoms with Crippen molar-refractivity contribution in [2.24, 2.45) is 0 Å². The quantitative estimate of drug-likeness (QED) is 0.498. The van der Waals surface area contributed by atoms with Crippen LogP contribution in [0.2, 0.25) is 0 Å². The van der Waals surface area contributed by atoms with Crippen molar-refractivity contribution in [1.29, 1.82) is 0 Å². The standard InChI is InChI=1S/C20H14F3N3O2/c1-27-16-6-2-4-13(10-16)15-8-9-18-24-25-19(26(18)12-15)14-5-3-7-17(11-14)28-20(21,22)23/h2-12H,1H3. The van der Waals surface area contributed by atoms with E-state index in [1.54, 1.807) is 23.6 Å². The minimum absolute atomic E-state index is 0.314. The highest BCUT2D eigenvalue weighted by molar-refractivity contribution is 5.68. The SMILES string of the molecule is COc1cccc(-c2ccc3nnc(-c4cccc(OC(F)(F)F)c4)n3c2)c1. The van der Waals surface area contributed by atoms with Gasteiger partial charge in [-0.25, -0.2) is 0 Å². The van der Waals surface area contributed by atoms with Crippen molar-refractivity contribution in [2.45, 2.75) is 6.36 Å². The summed E-state index contributed by atoms with van der Waals surface area (Å²) in [6, 6.07) is 16.9. The molecule has 0 bridgehead atoms. The maximum absolute atomic E-state index is 12.5. The molecule has 0 atom stereocenters. The van der Waals surface area contributed by atoms with Gasteiger partial charge in [-0.3, -0.25) is 4.40 Å². The first-order chi connectivity index (χ1) is 13.4. The topological polar surface area (TPSA) is 48.7 Å². The Morgan fingerprint density at radius 2 is 1.54 bits per heavy atom. The van der Waals surface area contributed by atoms with E-state index in [9.17, 15) is 13.2 Å². The summed E-state index contributed by atoms with van der Waals surface area (Å²) in [5.74, 6) is 0.816. The molecular formula is C20H14F3N3O2. The van der Waals surface area contributed by atoms with E-state index in [1.807, 2.05) is 36.5 Å². The van der Waals surface area contributed by atoms with Crippen LogP contribution in [0.15, 0.2) is 66.9 Å². The zero-order chi connectivity index (χ0) is 19.7. The van der Waals surface area contributed by atoms with Crippen LogP contribution in [0.4, 0.5) is 13.2 Å². The molecule has 2 aromatic heterocycles. The van der Waals surface area contributed by atoms with Gasteiger partial charge >= 0.3 is 6.36 Å². The second kappa shape index (κ2) is 6.88. The van der Waals surface area contributed by atoms with E-state index in [1.165, 1.54) is 18.2 Å². The smallest absolute Gasteiger partial charge is 0.497 e. The highest BCUT2D eigenvalue weighted by Gasteiger charge is 2.31. The Balaban J connectivity index is 1.77. The van der Waals surface area contributed by atoms with Gasteiger partial charge < -0.3 is 9.47 Å². The molecule has 28 heavy (non-hydrogen) atoms. The molecule has 0 aliphatic heterocycles. The molecule has 0 unspecified atom stereocenters. The first-order valence-electron chi connectivity index (χ1n) is 8.28. The van der Waals surface area contributed by atoms with E-state index in [4.69, 9.17) is 4.74 Å². The monoisotopic (exact) mass is 385 g/mol. The normalized spacial score (nSPS) is 11.6. The lowest BCUT2D eigenvalue weighted by atomic mass is 10.1. The third-order valence-electron chi connectivity index (χ3n) is 4.13. The van der Waals surface area contributed by atoms with Gasteiger partial charge in [-0.2, -0.15) is 0 Å². The summed E-state index contributed by atoms with van der Waals surface area (Å²) in [6.45, 7) is 0. The zero-order valence-corrected chi connectivity index (χ0v) is 14.6. The lowest BCUT2D eigenvalue weighted by Gasteiger charge is -2.10. The molecule has 0 aliphatic rings. The fourth-order valence-corrected chi connectivity index (χ4v) is 2.89. The Labute approximate surface area is 158 Å². The molecule has 5 nitrogen and oxygen atoms in total. The van der Waals surface area contributed by atoms with Crippen LogP contribution < -0.4 is 9.47 Å². The second-order valence-electron chi connectivity index (χ2n) is 5.98. The summed E-state index contributed by atoms with van der Waals surface area (Å²) in [6.07, 6.45) is -2.93. The van der Waals surface area contributed by atoms with Crippen LogP contribution in [0.25, 0.3) is 28.2 Å². The summed E-state index contributed by atoms with van der Waals surface area (Å²) in [5.41, 5.74) is 2.84. The molecule has 2 aromatic carbocycles. The van der Waals surface area contributed by atoms with Gasteiger partial charge in [0.1, 0.15) is 11.5 Å². The number of hydrogen-bond donors (Lipinski definition) is 0. The van der Waals surface area contributed by atoms with E-state index in [2.05, 4.69) is 14.9 Å². The van der Waals surface area contributed by atoms with Crippen LogP contribution in [0.3, 0.4) is 0 Å². The maximum Gasteiger partial charge on any atom is 0.573 e. The maximum atomic E-state index is 12.5. The molecule has 0 spiro atoms. The number of methoxy groups -OCH3 is 1. The molecule has 0 radical (unpaired) electrons.